The van der Waals surface area contributed by atoms with Gasteiger partial charge in [-0.2, -0.15) is 0 Å². The maximum Gasteiger partial charge on any atom is 0.263 e. The van der Waals surface area contributed by atoms with Gasteiger partial charge in [-0.1, -0.05) is 23.2 Å². The van der Waals surface area contributed by atoms with Crippen LogP contribution in [0.25, 0.3) is 0 Å². The molecule has 0 bridgehead atoms. The molecular weight excluding hydrogens is 314 g/mol. The summed E-state index contributed by atoms with van der Waals surface area (Å²) in [5, 5.41) is 16.1. The third-order valence-electron chi connectivity index (χ3n) is 2.37. The molecule has 110 valence electrons. The summed E-state index contributed by atoms with van der Waals surface area (Å²) in [4.78, 5) is 0.0146. The first-order chi connectivity index (χ1) is 10.1. The highest BCUT2D eigenvalue weighted by molar-refractivity contribution is 7.93. The van der Waals surface area contributed by atoms with Gasteiger partial charge in [0.2, 0.25) is 5.13 Å². The Morgan fingerprint density at radius 2 is 2.29 bits per heavy atom. The zero-order valence-electron chi connectivity index (χ0n) is 10.9. The number of anilines is 1. The Labute approximate surface area is 125 Å². The minimum atomic E-state index is -3.78. The zero-order chi connectivity index (χ0) is 15.3. The first-order valence-electron chi connectivity index (χ1n) is 5.63. The molecule has 7 nitrogen and oxygen atoms in total. The van der Waals surface area contributed by atoms with Gasteiger partial charge in [0, 0.05) is 0 Å². The number of hydrogen-bond donors (Lipinski definition) is 2. The first-order valence-corrected chi connectivity index (χ1v) is 8.00. The van der Waals surface area contributed by atoms with Crippen LogP contribution in [0.15, 0.2) is 28.6 Å². The van der Waals surface area contributed by atoms with Crippen LogP contribution in [0, 0.1) is 11.8 Å². The van der Waals surface area contributed by atoms with Crippen molar-refractivity contribution in [3.05, 3.63) is 29.3 Å². The lowest BCUT2D eigenvalue weighted by Gasteiger charge is -2.08. The fourth-order valence-corrected chi connectivity index (χ4v) is 3.20. The average molecular weight is 325 g/mol. The Hall–Kier alpha value is -2.15. The molecule has 0 atom stereocenters. The largest absolute Gasteiger partial charge is 0.495 e. The van der Waals surface area contributed by atoms with Gasteiger partial charge in [-0.15, -0.1) is 10.2 Å². The summed E-state index contributed by atoms with van der Waals surface area (Å²) in [5.41, 5.74) is 1.79. The fraction of sp³-hybridized carbons (Fsp3) is 0.167. The second-order valence-electron chi connectivity index (χ2n) is 3.67. The van der Waals surface area contributed by atoms with Gasteiger partial charge in [-0.25, -0.2) is 8.42 Å². The predicted molar refractivity (Wildman–Crippen MR) is 77.7 cm³/mol. The van der Waals surface area contributed by atoms with Crippen molar-refractivity contribution in [2.75, 3.05) is 18.4 Å². The third kappa shape index (κ3) is 3.69. The summed E-state index contributed by atoms with van der Waals surface area (Å²) in [7, 11) is -2.33. The Balaban J connectivity index is 2.39. The van der Waals surface area contributed by atoms with Crippen LogP contribution in [0.2, 0.25) is 0 Å². The van der Waals surface area contributed by atoms with Gasteiger partial charge in [-0.05, 0) is 18.2 Å². The quantitative estimate of drug-likeness (QED) is 0.802. The molecule has 0 aliphatic rings. The first kappa shape index (κ1) is 15.2. The second kappa shape index (κ2) is 6.53. The molecule has 2 rings (SSSR count). The summed E-state index contributed by atoms with van der Waals surface area (Å²) in [6.45, 7) is -0.330. The second-order valence-corrected chi connectivity index (χ2v) is 6.19. The van der Waals surface area contributed by atoms with Crippen molar-refractivity contribution in [3.63, 3.8) is 0 Å². The lowest BCUT2D eigenvalue weighted by atomic mass is 10.2. The van der Waals surface area contributed by atoms with Crippen LogP contribution in [-0.2, 0) is 10.0 Å². The average Bonchev–Trinajstić information content (AvgIpc) is 2.96. The SMILES string of the molecule is COc1ccc(S(=O)(=O)Nc2nncs2)cc1C#CCO. The maximum atomic E-state index is 12.2. The molecule has 0 radical (unpaired) electrons. The minimum absolute atomic E-state index is 0.0146. The molecule has 9 heteroatoms. The van der Waals surface area contributed by atoms with Crippen LogP contribution >= 0.6 is 11.3 Å². The van der Waals surface area contributed by atoms with Gasteiger partial charge in [-0.3, -0.25) is 4.72 Å². The van der Waals surface area contributed by atoms with Crippen LogP contribution in [0.5, 0.6) is 5.75 Å². The monoisotopic (exact) mass is 325 g/mol. The van der Waals surface area contributed by atoms with Crippen molar-refractivity contribution in [1.29, 1.82) is 0 Å². The summed E-state index contributed by atoms with van der Waals surface area (Å²) in [5.74, 6) is 5.52. The van der Waals surface area contributed by atoms with E-state index in [0.717, 1.165) is 11.3 Å². The molecule has 0 fully saturated rings. The van der Waals surface area contributed by atoms with Gasteiger partial charge >= 0.3 is 0 Å². The van der Waals surface area contributed by atoms with Crippen molar-refractivity contribution in [3.8, 4) is 17.6 Å². The van der Waals surface area contributed by atoms with E-state index in [9.17, 15) is 8.42 Å². The number of hydrogen-bond acceptors (Lipinski definition) is 7. The van der Waals surface area contributed by atoms with Crippen LogP contribution in [0.3, 0.4) is 0 Å². The van der Waals surface area contributed by atoms with Gasteiger partial charge in [0.1, 0.15) is 17.9 Å². The molecule has 0 aliphatic heterocycles. The number of nitrogens with one attached hydrogen (secondary N) is 1. The summed E-state index contributed by atoms with van der Waals surface area (Å²) < 4.78 is 31.8. The van der Waals surface area contributed by atoms with E-state index in [2.05, 4.69) is 26.8 Å². The van der Waals surface area contributed by atoms with E-state index in [1.807, 2.05) is 0 Å². The van der Waals surface area contributed by atoms with Crippen molar-refractivity contribution in [1.82, 2.24) is 10.2 Å². The van der Waals surface area contributed by atoms with Gasteiger partial charge in [0.05, 0.1) is 17.6 Å². The van der Waals surface area contributed by atoms with Gasteiger partial charge in [0.15, 0.2) is 0 Å². The molecule has 2 aromatic rings. The van der Waals surface area contributed by atoms with E-state index in [4.69, 9.17) is 9.84 Å². The van der Waals surface area contributed by atoms with Crippen LogP contribution in [0.1, 0.15) is 5.56 Å². The third-order valence-corrected chi connectivity index (χ3v) is 4.44. The molecule has 0 aliphatic carbocycles. The molecule has 0 saturated carbocycles. The highest BCUT2D eigenvalue weighted by atomic mass is 32.2. The Kier molecular flexibility index (Phi) is 4.74. The van der Waals surface area contributed by atoms with Gasteiger partial charge < -0.3 is 9.84 Å². The number of aromatic nitrogens is 2. The van der Waals surface area contributed by atoms with Crippen molar-refractivity contribution in [2.45, 2.75) is 4.90 Å². The molecule has 2 N–H and O–H groups in total. The lowest BCUT2D eigenvalue weighted by molar-refractivity contribution is 0.350. The number of aliphatic hydroxyl groups is 1. The molecule has 1 aromatic heterocycles. The molecule has 1 aromatic carbocycles. The molecule has 0 saturated heterocycles. The molecular formula is C12H11N3O4S2. The van der Waals surface area contributed by atoms with Gasteiger partial charge in [0.25, 0.3) is 10.0 Å². The van der Waals surface area contributed by atoms with E-state index < -0.39 is 10.0 Å². The van der Waals surface area contributed by atoms with E-state index in [-0.39, 0.29) is 16.6 Å². The van der Waals surface area contributed by atoms with E-state index in [0.29, 0.717) is 11.3 Å². The van der Waals surface area contributed by atoms with Crippen LogP contribution in [-0.4, -0.2) is 37.4 Å². The van der Waals surface area contributed by atoms with Crippen molar-refractivity contribution in [2.24, 2.45) is 0 Å². The van der Waals surface area contributed by atoms with Crippen LogP contribution < -0.4 is 9.46 Å². The van der Waals surface area contributed by atoms with Crippen molar-refractivity contribution < 1.29 is 18.3 Å². The van der Waals surface area contributed by atoms with E-state index in [1.54, 1.807) is 0 Å². The Morgan fingerprint density at radius 3 is 2.90 bits per heavy atom. The number of methoxy groups -OCH3 is 1. The fourth-order valence-electron chi connectivity index (χ4n) is 1.48. The lowest BCUT2D eigenvalue weighted by Crippen LogP contribution is -2.13. The summed E-state index contributed by atoms with van der Waals surface area (Å²) in [6.07, 6.45) is 0. The number of aliphatic hydroxyl groups excluding tert-OH is 1. The summed E-state index contributed by atoms with van der Waals surface area (Å²) in [6, 6.07) is 4.26. The Morgan fingerprint density at radius 1 is 1.48 bits per heavy atom. The Bertz CT molecular complexity index is 777. The van der Waals surface area contributed by atoms with E-state index in [1.165, 1.54) is 30.8 Å². The predicted octanol–water partition coefficient (Wildman–Crippen LogP) is 0.691. The van der Waals surface area contributed by atoms with Crippen LogP contribution in [0.4, 0.5) is 5.13 Å². The molecule has 0 spiro atoms. The minimum Gasteiger partial charge on any atom is -0.495 e. The van der Waals surface area contributed by atoms with Crippen molar-refractivity contribution >= 4 is 26.5 Å². The highest BCUT2D eigenvalue weighted by Gasteiger charge is 2.17. The number of nitrogens with zero attached hydrogens (tertiary/aromatic N) is 2. The highest BCUT2D eigenvalue weighted by Crippen LogP contribution is 2.23. The zero-order valence-corrected chi connectivity index (χ0v) is 12.5. The molecule has 21 heavy (non-hydrogen) atoms. The number of benzene rings is 1. The topological polar surface area (TPSA) is 101 Å². The number of sulfonamides is 1. The maximum absolute atomic E-state index is 12.2. The molecule has 0 unspecified atom stereocenters. The molecule has 0 amide bonds. The normalized spacial score (nSPS) is 10.6. The summed E-state index contributed by atoms with van der Waals surface area (Å²) >= 11 is 1.07. The molecule has 1 heterocycles. The smallest absolute Gasteiger partial charge is 0.263 e. The van der Waals surface area contributed by atoms with E-state index >= 15 is 0 Å². The number of rotatable bonds is 4. The number of ether oxygens (including phenoxy) is 1. The standard InChI is InChI=1S/C12H11N3O4S2/c1-19-11-5-4-10(7-9(11)3-2-6-16)21(17,18)15-12-14-13-8-20-12/h4-5,7-8,16H,6H2,1H3,(H,14,15).